The standard InChI is InChI=1S/C13H16F2N6O3S.C11H16N8O2S.C11H15N5O2S.CH4.U.H2/c1-25(22,23)18-6-9(7-2-3-7)19-13-16-4-8(5-17-13)11-20-21-12(24-11)10(14)15;1-22(20,21)14-6-9(7-2-3-7)15-11-12-4-8(5-13-11)10-16-18-19-17-10;1-19(17,18)15-7-10(9-2-3-9)16-11-13-5-8(4-12)6-14-11;;;/h4-5,7,9-10,18H,2-3,6H2,1H3,(H,16,17,19);4-5,7,9,14H,2-3,6H2,1H3,(H,12,13,15)(H,16,17,18,19);5-6,9-10,15H,2-3,7H2,1H3,(H,13,14,16);1H4;;1H. The van der Waals surface area contributed by atoms with Crippen molar-refractivity contribution in [2.24, 2.45) is 17.8 Å². The topological polar surface area (TPSA) is 369 Å². The molecule has 0 radical (unpaired) electrons. The van der Waals surface area contributed by atoms with Gasteiger partial charge in [0, 0.05) is 95.1 Å². The molecule has 3 aliphatic rings. The summed E-state index contributed by atoms with van der Waals surface area (Å²) in [6.45, 7) is 0.863. The van der Waals surface area contributed by atoms with Gasteiger partial charge in [-0.15, -0.1) is 20.4 Å². The molecule has 3 saturated carbocycles. The van der Waals surface area contributed by atoms with Crippen molar-refractivity contribution in [1.29, 1.82) is 5.26 Å². The molecule has 3 aliphatic carbocycles. The smallest absolute Gasteiger partial charge is 0.314 e. The molecule has 0 bridgehead atoms. The molecule has 370 valence electrons. The van der Waals surface area contributed by atoms with Crippen LogP contribution in [0.3, 0.4) is 0 Å². The van der Waals surface area contributed by atoms with E-state index in [9.17, 15) is 34.0 Å². The zero-order chi connectivity index (χ0) is 47.5. The molecule has 0 saturated heterocycles. The number of aromatic nitrogens is 12. The molecule has 5 aromatic heterocycles. The first-order chi connectivity index (χ1) is 31.3. The maximum atomic E-state index is 12.5. The minimum atomic E-state index is -3.28. The van der Waals surface area contributed by atoms with Gasteiger partial charge in [-0.1, -0.05) is 7.43 Å². The number of hydrogen-bond acceptors (Lipinski definition) is 22. The SMILES string of the molecule is C.CS(=O)(=O)NCC(Nc1ncc(-c2nn[nH]n2)cn1)C1CC1.CS(=O)(=O)NCC(Nc1ncc(-c2nnc(C(F)F)o2)cn1)C1CC1.CS(=O)(=O)NCC(Nc1ncc(C#N)cn1)C1CC1.[HH].[U]. The number of sulfonamides is 3. The van der Waals surface area contributed by atoms with E-state index in [2.05, 4.69) is 90.8 Å². The Morgan fingerprint density at radius 3 is 1.35 bits per heavy atom. The van der Waals surface area contributed by atoms with E-state index in [1.165, 1.54) is 24.8 Å². The summed E-state index contributed by atoms with van der Waals surface area (Å²) < 4.78 is 104. The van der Waals surface area contributed by atoms with Crippen molar-refractivity contribution >= 4 is 47.9 Å². The maximum Gasteiger partial charge on any atom is 0.314 e. The second-order valence-electron chi connectivity index (χ2n) is 15.6. The van der Waals surface area contributed by atoms with Crippen LogP contribution in [0.25, 0.3) is 22.8 Å². The second-order valence-corrected chi connectivity index (χ2v) is 21.1. The normalized spacial score (nSPS) is 15.9. The molecule has 3 fully saturated rings. The summed E-state index contributed by atoms with van der Waals surface area (Å²) >= 11 is 0. The van der Waals surface area contributed by atoms with Gasteiger partial charge in [0.15, 0.2) is 0 Å². The van der Waals surface area contributed by atoms with E-state index in [0.717, 1.165) is 57.3 Å². The van der Waals surface area contributed by atoms with Crippen LogP contribution >= 0.6 is 0 Å². The van der Waals surface area contributed by atoms with E-state index in [1.807, 2.05) is 6.07 Å². The molecule has 3 unspecified atom stereocenters. The van der Waals surface area contributed by atoms with Gasteiger partial charge in [-0.25, -0.2) is 69.3 Å². The number of nitriles is 1. The van der Waals surface area contributed by atoms with Gasteiger partial charge in [-0.2, -0.15) is 19.3 Å². The number of nitrogens with one attached hydrogen (secondary N) is 7. The van der Waals surface area contributed by atoms with Gasteiger partial charge in [0.05, 0.1) is 47.9 Å². The summed E-state index contributed by atoms with van der Waals surface area (Å²) in [7, 11) is -9.70. The Kier molecular flexibility index (Phi) is 20.4. The van der Waals surface area contributed by atoms with Crippen molar-refractivity contribution < 1.29 is 71.0 Å². The van der Waals surface area contributed by atoms with Crippen molar-refractivity contribution in [1.82, 2.24) is 74.9 Å². The number of halogens is 2. The van der Waals surface area contributed by atoms with E-state index in [-0.39, 0.29) is 70.5 Å². The molecule has 0 spiro atoms. The molecule has 68 heavy (non-hydrogen) atoms. The van der Waals surface area contributed by atoms with E-state index in [1.54, 1.807) is 12.4 Å². The molecule has 8 rings (SSSR count). The summed E-state index contributed by atoms with van der Waals surface area (Å²) in [6, 6.07) is 1.77. The Morgan fingerprint density at radius 2 is 1.04 bits per heavy atom. The zero-order valence-electron chi connectivity index (χ0n) is 36.1. The molecule has 5 aromatic rings. The zero-order valence-corrected chi connectivity index (χ0v) is 42.7. The van der Waals surface area contributed by atoms with Crippen molar-refractivity contribution in [3.63, 3.8) is 0 Å². The fraction of sp³-hybridized carbons (Fsp3) is 0.556. The first kappa shape index (κ1) is 55.6. The van der Waals surface area contributed by atoms with Gasteiger partial charge in [0.1, 0.15) is 6.07 Å². The summed E-state index contributed by atoms with van der Waals surface area (Å²) in [6.07, 6.45) is 15.6. The van der Waals surface area contributed by atoms with Crippen molar-refractivity contribution in [2.45, 2.75) is 70.5 Å². The first-order valence-electron chi connectivity index (χ1n) is 20.2. The van der Waals surface area contributed by atoms with Crippen molar-refractivity contribution in [3.8, 4) is 28.9 Å². The Hall–Kier alpha value is -5.02. The van der Waals surface area contributed by atoms with Gasteiger partial charge in [-0.3, -0.25) is 0 Å². The van der Waals surface area contributed by atoms with Gasteiger partial charge in [0.2, 0.25) is 53.7 Å². The third-order valence-electron chi connectivity index (χ3n) is 9.78. The molecular formula is C36H53F2N19O7S3U. The average Bonchev–Trinajstić information content (AvgIpc) is 4.22. The fourth-order valence-corrected chi connectivity index (χ4v) is 7.39. The van der Waals surface area contributed by atoms with Gasteiger partial charge in [-0.05, 0) is 61.5 Å². The first-order valence-corrected chi connectivity index (χ1v) is 25.8. The molecule has 0 amide bonds. The number of aromatic amines is 1. The summed E-state index contributed by atoms with van der Waals surface area (Å²) in [5.74, 6) is 1.93. The third-order valence-corrected chi connectivity index (χ3v) is 11.8. The number of hydrogen-bond donors (Lipinski definition) is 7. The van der Waals surface area contributed by atoms with Crippen LogP contribution in [-0.2, 0) is 30.1 Å². The van der Waals surface area contributed by atoms with E-state index >= 15 is 0 Å². The molecule has 7 N–H and O–H groups in total. The quantitative estimate of drug-likeness (QED) is 0.0548. The predicted octanol–water partition coefficient (Wildman–Crippen LogP) is 1.57. The predicted molar refractivity (Wildman–Crippen MR) is 240 cm³/mol. The van der Waals surface area contributed by atoms with Gasteiger partial charge < -0.3 is 20.4 Å². The van der Waals surface area contributed by atoms with E-state index in [0.29, 0.717) is 71.2 Å². The molecule has 0 aliphatic heterocycles. The minimum Gasteiger partial charge on any atom is -0.415 e. The Balaban J connectivity index is 0.000000271. The van der Waals surface area contributed by atoms with Crippen LogP contribution in [0, 0.1) is 60.2 Å². The van der Waals surface area contributed by atoms with Crippen LogP contribution in [0.15, 0.2) is 41.6 Å². The van der Waals surface area contributed by atoms with Crippen LogP contribution in [0.1, 0.15) is 65.3 Å². The molecule has 5 heterocycles. The van der Waals surface area contributed by atoms with Crippen LogP contribution in [0.2, 0.25) is 0 Å². The number of nitrogens with zero attached hydrogens (tertiary/aromatic N) is 12. The minimum absolute atomic E-state index is 0. The van der Waals surface area contributed by atoms with Crippen molar-refractivity contribution in [3.05, 3.63) is 48.6 Å². The molecular weight excluding hydrogens is 1180 g/mol. The average molecular weight is 1240 g/mol. The third kappa shape index (κ3) is 19.5. The second kappa shape index (κ2) is 25.0. The number of rotatable bonds is 21. The maximum absolute atomic E-state index is 12.5. The summed E-state index contributed by atoms with van der Waals surface area (Å²) in [4.78, 5) is 24.6. The molecule has 26 nitrogen and oxygen atoms in total. The number of H-pyrrole nitrogens is 1. The van der Waals surface area contributed by atoms with E-state index < -0.39 is 42.4 Å². The van der Waals surface area contributed by atoms with Gasteiger partial charge in [0.25, 0.3) is 11.8 Å². The Labute approximate surface area is 416 Å². The van der Waals surface area contributed by atoms with Gasteiger partial charge >= 0.3 is 6.43 Å². The monoisotopic (exact) mass is 1240 g/mol. The number of alkyl halides is 2. The summed E-state index contributed by atoms with van der Waals surface area (Å²) in [5, 5.41) is 38.3. The Bertz CT molecular complexity index is 2720. The number of tetrazole rings is 1. The summed E-state index contributed by atoms with van der Waals surface area (Å²) in [5.41, 5.74) is 1.35. The van der Waals surface area contributed by atoms with Crippen LogP contribution in [0.5, 0.6) is 0 Å². The number of anilines is 3. The van der Waals surface area contributed by atoms with Crippen LogP contribution < -0.4 is 30.1 Å². The van der Waals surface area contributed by atoms with Crippen LogP contribution in [-0.4, -0.2) is 143 Å². The fourth-order valence-electron chi connectivity index (χ4n) is 5.94. The molecule has 0 aromatic carbocycles. The largest absolute Gasteiger partial charge is 0.415 e. The molecule has 3 atom stereocenters. The molecule has 32 heteroatoms. The van der Waals surface area contributed by atoms with E-state index in [4.69, 9.17) is 9.68 Å². The van der Waals surface area contributed by atoms with Crippen LogP contribution in [0.4, 0.5) is 26.6 Å². The Morgan fingerprint density at radius 1 is 0.662 bits per heavy atom. The van der Waals surface area contributed by atoms with Crippen molar-refractivity contribution in [2.75, 3.05) is 54.4 Å².